The molecule has 1 heterocycles. The van der Waals surface area contributed by atoms with Gasteiger partial charge in [-0.15, -0.1) is 0 Å². The van der Waals surface area contributed by atoms with Crippen LogP contribution in [0.25, 0.3) is 33.4 Å². The van der Waals surface area contributed by atoms with E-state index in [4.69, 9.17) is 0 Å². The quantitative estimate of drug-likeness (QED) is 0.150. The van der Waals surface area contributed by atoms with Gasteiger partial charge in [-0.1, -0.05) is 208 Å². The number of hydrogen-bond acceptors (Lipinski definition) is 2. The van der Waals surface area contributed by atoms with Gasteiger partial charge in [-0.2, -0.15) is 0 Å². The third-order valence-electron chi connectivity index (χ3n) is 14.1. The van der Waals surface area contributed by atoms with Crippen molar-refractivity contribution in [2.75, 3.05) is 9.80 Å². The average molecular weight is 845 g/mol. The van der Waals surface area contributed by atoms with Crippen molar-refractivity contribution in [2.45, 2.75) is 24.7 Å². The molecule has 0 fully saturated rings. The van der Waals surface area contributed by atoms with Crippen LogP contribution >= 0.6 is 0 Å². The van der Waals surface area contributed by atoms with E-state index in [2.05, 4.69) is 278 Å². The highest BCUT2D eigenvalue weighted by atomic mass is 15.2. The zero-order valence-electron chi connectivity index (χ0n) is 37.1. The van der Waals surface area contributed by atoms with Gasteiger partial charge in [0.05, 0.1) is 16.8 Å². The van der Waals surface area contributed by atoms with E-state index < -0.39 is 5.41 Å². The summed E-state index contributed by atoms with van der Waals surface area (Å²) in [6.07, 6.45) is 0. The fraction of sp³-hybridized carbons (Fsp3) is 0.0625. The highest BCUT2D eigenvalue weighted by Crippen LogP contribution is 2.58. The van der Waals surface area contributed by atoms with Gasteiger partial charge in [0.2, 0.25) is 0 Å². The van der Waals surface area contributed by atoms with Crippen molar-refractivity contribution in [3.05, 3.63) is 288 Å². The predicted octanol–water partition coefficient (Wildman–Crippen LogP) is 17.0. The van der Waals surface area contributed by atoms with Gasteiger partial charge in [0.15, 0.2) is 0 Å². The molecule has 2 nitrogen and oxygen atoms in total. The smallest absolute Gasteiger partial charge is 0.0742 e. The van der Waals surface area contributed by atoms with Crippen LogP contribution in [0.3, 0.4) is 0 Å². The minimum Gasteiger partial charge on any atom is -0.310 e. The molecule has 0 saturated heterocycles. The Bertz CT molecular complexity index is 3320. The molecule has 10 aromatic carbocycles. The highest BCUT2D eigenvalue weighted by Gasteiger charge is 2.46. The fourth-order valence-corrected chi connectivity index (χ4v) is 11.0. The molecule has 10 aromatic rings. The normalized spacial score (nSPS) is 13.8. The summed E-state index contributed by atoms with van der Waals surface area (Å²) in [7, 11) is 0. The van der Waals surface area contributed by atoms with Crippen molar-refractivity contribution in [3.8, 4) is 33.4 Å². The van der Waals surface area contributed by atoms with Gasteiger partial charge in [-0.05, 0) is 127 Å². The first-order valence-electron chi connectivity index (χ1n) is 23.0. The topological polar surface area (TPSA) is 6.48 Å². The lowest BCUT2D eigenvalue weighted by atomic mass is 9.62. The van der Waals surface area contributed by atoms with Gasteiger partial charge in [0, 0.05) is 28.2 Å². The Balaban J connectivity index is 1.01. The molecule has 0 N–H and O–H groups in total. The minimum atomic E-state index is -0.551. The summed E-state index contributed by atoms with van der Waals surface area (Å²) >= 11 is 0. The maximum atomic E-state index is 2.46. The summed E-state index contributed by atoms with van der Waals surface area (Å²) in [6, 6.07) is 93.7. The van der Waals surface area contributed by atoms with Crippen LogP contribution in [0.2, 0.25) is 0 Å². The van der Waals surface area contributed by atoms with Crippen LogP contribution in [0.15, 0.2) is 255 Å². The minimum absolute atomic E-state index is 0.117. The van der Waals surface area contributed by atoms with E-state index >= 15 is 0 Å². The zero-order valence-corrected chi connectivity index (χ0v) is 37.1. The lowest BCUT2D eigenvalue weighted by Crippen LogP contribution is -2.37. The largest absolute Gasteiger partial charge is 0.310 e. The van der Waals surface area contributed by atoms with Gasteiger partial charge in [-0.25, -0.2) is 0 Å². The van der Waals surface area contributed by atoms with Gasteiger partial charge in [-0.3, -0.25) is 0 Å². The van der Waals surface area contributed by atoms with Crippen molar-refractivity contribution in [1.29, 1.82) is 0 Å². The number of hydrogen-bond donors (Lipinski definition) is 0. The van der Waals surface area contributed by atoms with E-state index in [9.17, 15) is 0 Å². The number of fused-ring (bicyclic) bond motifs is 5. The highest BCUT2D eigenvalue weighted by molar-refractivity contribution is 5.92. The summed E-state index contributed by atoms with van der Waals surface area (Å²) in [6.45, 7) is 4.71. The Hall–Kier alpha value is -8.20. The Kier molecular flexibility index (Phi) is 9.43. The first-order valence-corrected chi connectivity index (χ1v) is 23.0. The molecule has 66 heavy (non-hydrogen) atoms. The number of benzene rings is 10. The summed E-state index contributed by atoms with van der Waals surface area (Å²) < 4.78 is 0. The van der Waals surface area contributed by atoms with Crippen LogP contribution in [-0.4, -0.2) is 0 Å². The zero-order chi connectivity index (χ0) is 44.2. The van der Waals surface area contributed by atoms with E-state index in [-0.39, 0.29) is 5.41 Å². The molecule has 0 spiro atoms. The van der Waals surface area contributed by atoms with Gasteiger partial charge in [0.25, 0.3) is 0 Å². The first kappa shape index (κ1) is 39.4. The molecule has 0 amide bonds. The third-order valence-corrected chi connectivity index (χ3v) is 14.1. The van der Waals surface area contributed by atoms with E-state index in [1.807, 2.05) is 0 Å². The molecule has 0 saturated carbocycles. The van der Waals surface area contributed by atoms with Crippen LogP contribution in [0.1, 0.15) is 47.2 Å². The molecule has 1 aliphatic carbocycles. The summed E-state index contributed by atoms with van der Waals surface area (Å²) in [5, 5.41) is 0. The molecule has 12 rings (SSSR count). The summed E-state index contributed by atoms with van der Waals surface area (Å²) in [4.78, 5) is 4.87. The van der Waals surface area contributed by atoms with Crippen LogP contribution in [0.5, 0.6) is 0 Å². The van der Waals surface area contributed by atoms with Crippen LogP contribution < -0.4 is 9.80 Å². The molecule has 0 aromatic heterocycles. The lowest BCUT2D eigenvalue weighted by molar-refractivity contribution is 0.660. The maximum absolute atomic E-state index is 2.46. The number of rotatable bonds is 8. The van der Waals surface area contributed by atoms with Gasteiger partial charge in [0.1, 0.15) is 0 Å². The van der Waals surface area contributed by atoms with Crippen molar-refractivity contribution in [1.82, 2.24) is 0 Å². The summed E-state index contributed by atoms with van der Waals surface area (Å²) in [5.41, 5.74) is 21.2. The molecule has 0 bridgehead atoms. The van der Waals surface area contributed by atoms with Crippen LogP contribution in [0.4, 0.5) is 34.1 Å². The fourth-order valence-electron chi connectivity index (χ4n) is 11.0. The molecule has 0 unspecified atom stereocenters. The average Bonchev–Trinajstić information content (AvgIpc) is 3.62. The monoisotopic (exact) mass is 844 g/mol. The van der Waals surface area contributed by atoms with Gasteiger partial charge < -0.3 is 9.80 Å². The Morgan fingerprint density at radius 1 is 0.318 bits per heavy atom. The molecule has 0 atom stereocenters. The number of nitrogens with zero attached hydrogens (tertiary/aromatic N) is 2. The number of para-hydroxylation sites is 2. The first-order chi connectivity index (χ1) is 32.5. The number of anilines is 6. The Morgan fingerprint density at radius 3 is 1.41 bits per heavy atom. The molecule has 1 aliphatic heterocycles. The third kappa shape index (κ3) is 6.25. The Labute approximate surface area is 388 Å². The predicted molar refractivity (Wildman–Crippen MR) is 276 cm³/mol. The van der Waals surface area contributed by atoms with Crippen molar-refractivity contribution < 1.29 is 0 Å². The molecular formula is C64H48N2. The molecular weight excluding hydrogens is 797 g/mol. The van der Waals surface area contributed by atoms with Crippen LogP contribution in [0, 0.1) is 0 Å². The second-order valence-corrected chi connectivity index (χ2v) is 18.1. The van der Waals surface area contributed by atoms with E-state index in [1.54, 1.807) is 0 Å². The van der Waals surface area contributed by atoms with E-state index in [0.29, 0.717) is 0 Å². The maximum Gasteiger partial charge on any atom is 0.0742 e. The second-order valence-electron chi connectivity index (χ2n) is 18.1. The van der Waals surface area contributed by atoms with Crippen molar-refractivity contribution in [3.63, 3.8) is 0 Å². The Morgan fingerprint density at radius 2 is 0.773 bits per heavy atom. The molecule has 2 aliphatic rings. The lowest BCUT2D eigenvalue weighted by Gasteiger charge is -2.46. The summed E-state index contributed by atoms with van der Waals surface area (Å²) in [5.74, 6) is 0. The van der Waals surface area contributed by atoms with E-state index in [1.165, 1.54) is 61.3 Å². The second kappa shape index (κ2) is 15.8. The van der Waals surface area contributed by atoms with E-state index in [0.717, 1.165) is 39.6 Å². The van der Waals surface area contributed by atoms with Crippen molar-refractivity contribution >= 4 is 34.1 Å². The van der Waals surface area contributed by atoms with Gasteiger partial charge >= 0.3 is 0 Å². The molecule has 0 radical (unpaired) electrons. The van der Waals surface area contributed by atoms with Crippen LogP contribution in [-0.2, 0) is 10.8 Å². The molecule has 314 valence electrons. The standard InChI is InChI=1S/C64H48N2/c1-63(2)57-28-16-15-27-55(57)56-41-40-54(44-60(56)63)65(52-36-31-46(32-37-52)45-19-7-3-8-20-45)53-38-33-47(34-39-53)48-35-42-59-62(43-48)66(51-25-13-6-14-26-51)61-30-18-17-29-58(61)64(59,49-21-9-4-10-22-49)50-23-11-5-12-24-50/h3-44H,1-2H3. The van der Waals surface area contributed by atoms with Crippen molar-refractivity contribution in [2.24, 2.45) is 0 Å². The SMILES string of the molecule is CC1(C)c2ccccc2-c2ccc(N(c3ccc(-c4ccccc4)cc3)c3ccc(-c4ccc5c(c4)N(c4ccccc4)c4ccccc4C5(c4ccccc4)c4ccccc4)cc3)cc21. The molecule has 2 heteroatoms.